The highest BCUT2D eigenvalue weighted by Gasteiger charge is 2.24. The summed E-state index contributed by atoms with van der Waals surface area (Å²) in [7, 11) is 0. The van der Waals surface area contributed by atoms with Crippen molar-refractivity contribution in [1.82, 2.24) is 14.8 Å². The van der Waals surface area contributed by atoms with Crippen molar-refractivity contribution in [2.24, 2.45) is 0 Å². The Morgan fingerprint density at radius 1 is 1.21 bits per heavy atom. The van der Waals surface area contributed by atoms with Gasteiger partial charge in [0.15, 0.2) is 11.6 Å². The van der Waals surface area contributed by atoms with Crippen LogP contribution in [0.1, 0.15) is 85.4 Å². The molecule has 2 aromatic rings. The predicted molar refractivity (Wildman–Crippen MR) is 90.1 cm³/mol. The van der Waals surface area contributed by atoms with Crippen molar-refractivity contribution >= 4 is 11.6 Å². The van der Waals surface area contributed by atoms with Gasteiger partial charge < -0.3 is 9.73 Å². The maximum absolute atomic E-state index is 12.5. The first-order valence-corrected chi connectivity index (χ1v) is 9.03. The van der Waals surface area contributed by atoms with Gasteiger partial charge in [-0.25, -0.2) is 4.98 Å². The predicted octanol–water partition coefficient (Wildman–Crippen LogP) is 4.20. The van der Waals surface area contributed by atoms with E-state index in [4.69, 9.17) is 4.42 Å². The van der Waals surface area contributed by atoms with Gasteiger partial charge in [0.1, 0.15) is 6.26 Å². The molecular formula is C18H24N4O2. The molecule has 0 aromatic carbocycles. The maximum atomic E-state index is 12.5. The van der Waals surface area contributed by atoms with Gasteiger partial charge in [-0.1, -0.05) is 25.7 Å². The zero-order valence-corrected chi connectivity index (χ0v) is 14.1. The Hall–Kier alpha value is -2.11. The third kappa shape index (κ3) is 2.85. The van der Waals surface area contributed by atoms with Crippen LogP contribution in [-0.2, 0) is 0 Å². The van der Waals surface area contributed by atoms with E-state index in [9.17, 15) is 4.79 Å². The van der Waals surface area contributed by atoms with Crippen LogP contribution in [-0.4, -0.2) is 20.7 Å². The van der Waals surface area contributed by atoms with Crippen LogP contribution in [0.25, 0.3) is 0 Å². The first-order valence-electron chi connectivity index (χ1n) is 9.03. The zero-order chi connectivity index (χ0) is 16.5. The van der Waals surface area contributed by atoms with Crippen LogP contribution in [0.15, 0.2) is 16.9 Å². The Bertz CT molecular complexity index is 721. The molecule has 2 aromatic heterocycles. The van der Waals surface area contributed by atoms with Crippen LogP contribution in [0.5, 0.6) is 0 Å². The van der Waals surface area contributed by atoms with Gasteiger partial charge in [0.2, 0.25) is 0 Å². The van der Waals surface area contributed by atoms with Gasteiger partial charge >= 0.3 is 0 Å². The molecule has 2 aliphatic rings. The van der Waals surface area contributed by atoms with E-state index >= 15 is 0 Å². The van der Waals surface area contributed by atoms with Crippen LogP contribution in [0.2, 0.25) is 0 Å². The normalized spacial score (nSPS) is 19.2. The minimum absolute atomic E-state index is 0.225. The second-order valence-electron chi connectivity index (χ2n) is 7.03. The fraction of sp³-hybridized carbons (Fsp3) is 0.611. The fourth-order valence-corrected chi connectivity index (χ4v) is 4.00. The van der Waals surface area contributed by atoms with Crippen LogP contribution >= 0.6 is 0 Å². The Morgan fingerprint density at radius 3 is 2.67 bits per heavy atom. The maximum Gasteiger partial charge on any atom is 0.277 e. The molecule has 4 rings (SSSR count). The van der Waals surface area contributed by atoms with Crippen molar-refractivity contribution in [3.63, 3.8) is 0 Å². The minimum atomic E-state index is -0.225. The van der Waals surface area contributed by atoms with Gasteiger partial charge in [0, 0.05) is 5.92 Å². The van der Waals surface area contributed by atoms with E-state index in [-0.39, 0.29) is 5.91 Å². The van der Waals surface area contributed by atoms with Gasteiger partial charge in [-0.2, -0.15) is 5.10 Å². The number of nitrogens with zero attached hydrogens (tertiary/aromatic N) is 3. The van der Waals surface area contributed by atoms with E-state index in [2.05, 4.69) is 20.1 Å². The molecule has 0 spiro atoms. The van der Waals surface area contributed by atoms with Gasteiger partial charge in [-0.3, -0.25) is 9.48 Å². The summed E-state index contributed by atoms with van der Waals surface area (Å²) in [6.07, 6.45) is 12.7. The summed E-state index contributed by atoms with van der Waals surface area (Å²) in [4.78, 5) is 16.9. The second-order valence-corrected chi connectivity index (χ2v) is 7.03. The number of carbonyl (C=O) groups is 1. The fourth-order valence-electron chi connectivity index (χ4n) is 4.00. The minimum Gasteiger partial charge on any atom is -0.448 e. The molecule has 2 fully saturated rings. The molecule has 1 amide bonds. The summed E-state index contributed by atoms with van der Waals surface area (Å²) in [6, 6.07) is 0.469. The topological polar surface area (TPSA) is 73.0 Å². The van der Waals surface area contributed by atoms with Crippen molar-refractivity contribution in [1.29, 1.82) is 0 Å². The highest BCUT2D eigenvalue weighted by atomic mass is 16.3. The number of hydrogen-bond donors (Lipinski definition) is 1. The molecule has 0 aliphatic heterocycles. The number of aromatic nitrogens is 3. The van der Waals surface area contributed by atoms with Crippen molar-refractivity contribution in [2.45, 2.75) is 70.3 Å². The molecule has 128 valence electrons. The number of nitrogens with one attached hydrogen (secondary N) is 1. The molecule has 2 heterocycles. The molecule has 6 heteroatoms. The van der Waals surface area contributed by atoms with E-state index in [0.717, 1.165) is 24.2 Å². The molecular weight excluding hydrogens is 304 g/mol. The van der Waals surface area contributed by atoms with Crippen molar-refractivity contribution in [3.05, 3.63) is 29.7 Å². The number of rotatable bonds is 4. The summed E-state index contributed by atoms with van der Waals surface area (Å²) in [5.41, 5.74) is 2.12. The highest BCUT2D eigenvalue weighted by molar-refractivity contribution is 6.02. The Labute approximate surface area is 141 Å². The van der Waals surface area contributed by atoms with Gasteiger partial charge in [-0.05, 0) is 32.6 Å². The van der Waals surface area contributed by atoms with Gasteiger partial charge in [0.25, 0.3) is 5.91 Å². The number of oxazole rings is 1. The third-order valence-electron chi connectivity index (χ3n) is 5.42. The summed E-state index contributed by atoms with van der Waals surface area (Å²) >= 11 is 0. The van der Waals surface area contributed by atoms with Crippen LogP contribution < -0.4 is 5.32 Å². The highest BCUT2D eigenvalue weighted by Crippen LogP contribution is 2.34. The molecule has 0 atom stereocenters. The van der Waals surface area contributed by atoms with Crippen molar-refractivity contribution < 1.29 is 9.21 Å². The molecule has 2 aliphatic carbocycles. The average molecular weight is 328 g/mol. The van der Waals surface area contributed by atoms with Gasteiger partial charge in [-0.15, -0.1) is 0 Å². The molecule has 1 N–H and O–H groups in total. The molecule has 0 radical (unpaired) electrons. The van der Waals surface area contributed by atoms with E-state index in [1.165, 1.54) is 44.8 Å². The number of amides is 1. The standard InChI is InChI=1S/C18H24N4O2/c1-12-15(10-19-22(12)14-8-4-5-9-14)20-17(23)16-11-24-18(21-16)13-6-2-3-7-13/h10-11,13-14H,2-9H2,1H3,(H,20,23). The summed E-state index contributed by atoms with van der Waals surface area (Å²) < 4.78 is 7.58. The smallest absolute Gasteiger partial charge is 0.277 e. The number of hydrogen-bond acceptors (Lipinski definition) is 4. The second kappa shape index (κ2) is 6.42. The van der Waals surface area contributed by atoms with Crippen LogP contribution in [0.3, 0.4) is 0 Å². The molecule has 0 saturated heterocycles. The summed E-state index contributed by atoms with van der Waals surface area (Å²) in [5.74, 6) is 0.853. The van der Waals surface area contributed by atoms with Crippen molar-refractivity contribution in [2.75, 3.05) is 5.32 Å². The molecule has 0 bridgehead atoms. The summed E-state index contributed by atoms with van der Waals surface area (Å²) in [5, 5.41) is 7.40. The third-order valence-corrected chi connectivity index (χ3v) is 5.42. The molecule has 24 heavy (non-hydrogen) atoms. The monoisotopic (exact) mass is 328 g/mol. The Balaban J connectivity index is 1.46. The van der Waals surface area contributed by atoms with Crippen LogP contribution in [0.4, 0.5) is 5.69 Å². The average Bonchev–Trinajstić information content (AvgIpc) is 3.36. The lowest BCUT2D eigenvalue weighted by molar-refractivity contribution is 0.102. The lowest BCUT2D eigenvalue weighted by Gasteiger charge is -2.12. The quantitative estimate of drug-likeness (QED) is 0.912. The lowest BCUT2D eigenvalue weighted by atomic mass is 10.1. The number of carbonyl (C=O) groups excluding carboxylic acids is 1. The van der Waals surface area contributed by atoms with Gasteiger partial charge in [0.05, 0.1) is 23.6 Å². The first kappa shape index (κ1) is 15.4. The Morgan fingerprint density at radius 2 is 1.92 bits per heavy atom. The van der Waals surface area contributed by atoms with E-state index < -0.39 is 0 Å². The molecule has 0 unspecified atom stereocenters. The number of anilines is 1. The Kier molecular flexibility index (Phi) is 4.12. The van der Waals surface area contributed by atoms with E-state index in [1.54, 1.807) is 6.20 Å². The van der Waals surface area contributed by atoms with E-state index in [0.29, 0.717) is 23.5 Å². The zero-order valence-electron chi connectivity index (χ0n) is 14.1. The lowest BCUT2D eigenvalue weighted by Crippen LogP contribution is -2.14. The van der Waals surface area contributed by atoms with Crippen molar-refractivity contribution in [3.8, 4) is 0 Å². The summed E-state index contributed by atoms with van der Waals surface area (Å²) in [6.45, 7) is 2.01. The molecule has 2 saturated carbocycles. The molecule has 6 nitrogen and oxygen atoms in total. The SMILES string of the molecule is Cc1c(NC(=O)c2coc(C3CCCC3)n2)cnn1C1CCCC1. The van der Waals surface area contributed by atoms with E-state index in [1.807, 2.05) is 6.92 Å². The first-order chi connectivity index (χ1) is 11.7. The largest absolute Gasteiger partial charge is 0.448 e. The van der Waals surface area contributed by atoms with Crippen LogP contribution in [0, 0.1) is 6.92 Å².